The van der Waals surface area contributed by atoms with Gasteiger partial charge in [-0.2, -0.15) is 18.3 Å². The van der Waals surface area contributed by atoms with Gasteiger partial charge in [0.15, 0.2) is 0 Å². The van der Waals surface area contributed by atoms with Crippen molar-refractivity contribution in [3.63, 3.8) is 0 Å². The maximum atomic E-state index is 12.6. The molecule has 0 unspecified atom stereocenters. The van der Waals surface area contributed by atoms with Gasteiger partial charge < -0.3 is 5.32 Å². The van der Waals surface area contributed by atoms with Gasteiger partial charge >= 0.3 is 6.18 Å². The Labute approximate surface area is 123 Å². The number of halogens is 3. The van der Waals surface area contributed by atoms with Crippen molar-refractivity contribution in [1.82, 2.24) is 9.78 Å². The first-order valence-electron chi connectivity index (χ1n) is 6.27. The van der Waals surface area contributed by atoms with Crippen LogP contribution in [-0.4, -0.2) is 15.7 Å². The summed E-state index contributed by atoms with van der Waals surface area (Å²) in [5, 5.41) is 6.19. The third-order valence-electron chi connectivity index (χ3n) is 2.77. The summed E-state index contributed by atoms with van der Waals surface area (Å²) in [6.45, 7) is 1.28. The highest BCUT2D eigenvalue weighted by molar-refractivity contribution is 5.90. The smallest absolute Gasteiger partial charge is 0.324 e. The summed E-state index contributed by atoms with van der Waals surface area (Å²) in [6.07, 6.45) is -4.49. The molecular weight excluding hydrogens is 299 g/mol. The second-order valence-corrected chi connectivity index (χ2v) is 4.60. The third kappa shape index (κ3) is 3.94. The van der Waals surface area contributed by atoms with E-state index in [0.717, 1.165) is 16.8 Å². The Kier molecular flexibility index (Phi) is 4.30. The number of carbonyl (C=O) groups is 1. The van der Waals surface area contributed by atoms with E-state index in [1.54, 1.807) is 6.92 Å². The lowest BCUT2D eigenvalue weighted by Gasteiger charge is -2.10. The Bertz CT molecular complexity index is 753. The summed E-state index contributed by atoms with van der Waals surface area (Å²) >= 11 is 0. The van der Waals surface area contributed by atoms with E-state index in [4.69, 9.17) is 0 Å². The Balaban J connectivity index is 2.13. The molecule has 0 atom stereocenters. The van der Waals surface area contributed by atoms with Crippen LogP contribution in [0.2, 0.25) is 0 Å². The number of carbonyl (C=O) groups excluding carboxylic acids is 1. The van der Waals surface area contributed by atoms with Crippen LogP contribution in [0.1, 0.15) is 11.3 Å². The highest BCUT2D eigenvalue weighted by Gasteiger charge is 2.30. The molecule has 1 aromatic carbocycles. The molecule has 0 spiro atoms. The number of nitrogens with zero attached hydrogens (tertiary/aromatic N) is 2. The van der Waals surface area contributed by atoms with Crippen LogP contribution in [0.5, 0.6) is 0 Å². The molecule has 0 fully saturated rings. The molecule has 0 aliphatic carbocycles. The van der Waals surface area contributed by atoms with Crippen LogP contribution < -0.4 is 10.9 Å². The zero-order chi connectivity index (χ0) is 16.3. The van der Waals surface area contributed by atoms with E-state index in [1.165, 1.54) is 24.3 Å². The topological polar surface area (TPSA) is 64.0 Å². The van der Waals surface area contributed by atoms with Crippen molar-refractivity contribution in [2.75, 3.05) is 5.32 Å². The lowest BCUT2D eigenvalue weighted by atomic mass is 10.2. The Morgan fingerprint density at radius 2 is 2.00 bits per heavy atom. The molecule has 1 N–H and O–H groups in total. The van der Waals surface area contributed by atoms with E-state index in [0.29, 0.717) is 5.69 Å². The molecule has 0 saturated heterocycles. The average Bonchev–Trinajstić information content (AvgIpc) is 2.42. The van der Waals surface area contributed by atoms with Crippen molar-refractivity contribution < 1.29 is 18.0 Å². The largest absolute Gasteiger partial charge is 0.416 e. The number of aromatic nitrogens is 2. The maximum absolute atomic E-state index is 12.6. The number of rotatable bonds is 3. The van der Waals surface area contributed by atoms with E-state index in [2.05, 4.69) is 10.4 Å². The van der Waals surface area contributed by atoms with Crippen LogP contribution >= 0.6 is 0 Å². The lowest BCUT2D eigenvalue weighted by molar-refractivity contribution is -0.137. The Morgan fingerprint density at radius 1 is 1.27 bits per heavy atom. The standard InChI is InChI=1S/C14H12F3N3O2/c1-9-5-6-13(22)20(19-9)8-12(21)18-11-4-2-3-10(7-11)14(15,16)17/h2-7H,8H2,1H3,(H,18,21). The highest BCUT2D eigenvalue weighted by Crippen LogP contribution is 2.30. The van der Waals surface area contributed by atoms with Crippen molar-refractivity contribution >= 4 is 11.6 Å². The molecule has 0 radical (unpaired) electrons. The van der Waals surface area contributed by atoms with E-state index in [-0.39, 0.29) is 12.2 Å². The van der Waals surface area contributed by atoms with Crippen LogP contribution in [0, 0.1) is 6.92 Å². The summed E-state index contributed by atoms with van der Waals surface area (Å²) in [5.41, 5.74) is -0.784. The molecule has 2 aromatic rings. The second kappa shape index (κ2) is 6.00. The van der Waals surface area contributed by atoms with E-state index in [9.17, 15) is 22.8 Å². The molecule has 1 aromatic heterocycles. The average molecular weight is 311 g/mol. The van der Waals surface area contributed by atoms with Crippen LogP contribution in [0.3, 0.4) is 0 Å². The van der Waals surface area contributed by atoms with Crippen LogP contribution in [-0.2, 0) is 17.5 Å². The minimum Gasteiger partial charge on any atom is -0.324 e. The molecule has 8 heteroatoms. The quantitative estimate of drug-likeness (QED) is 0.945. The van der Waals surface area contributed by atoms with Gasteiger partial charge in [-0.3, -0.25) is 9.59 Å². The summed E-state index contributed by atoms with van der Waals surface area (Å²) in [6, 6.07) is 7.02. The van der Waals surface area contributed by atoms with Gasteiger partial charge in [-0.1, -0.05) is 6.07 Å². The SMILES string of the molecule is Cc1ccc(=O)n(CC(=O)Nc2cccc(C(F)(F)F)c2)n1. The second-order valence-electron chi connectivity index (χ2n) is 4.60. The van der Waals surface area contributed by atoms with Crippen LogP contribution in [0.15, 0.2) is 41.2 Å². The van der Waals surface area contributed by atoms with Gasteiger partial charge in [-0.05, 0) is 31.2 Å². The first-order valence-corrected chi connectivity index (χ1v) is 6.27. The van der Waals surface area contributed by atoms with Gasteiger partial charge in [-0.15, -0.1) is 0 Å². The summed E-state index contributed by atoms with van der Waals surface area (Å²) in [5.74, 6) is -0.639. The number of hydrogen-bond donors (Lipinski definition) is 1. The molecule has 116 valence electrons. The lowest BCUT2D eigenvalue weighted by Crippen LogP contribution is -2.29. The normalized spacial score (nSPS) is 11.3. The first-order chi connectivity index (χ1) is 10.3. The molecule has 2 rings (SSSR count). The molecule has 22 heavy (non-hydrogen) atoms. The predicted molar refractivity (Wildman–Crippen MR) is 73.3 cm³/mol. The summed E-state index contributed by atoms with van der Waals surface area (Å²) in [7, 11) is 0. The van der Waals surface area contributed by atoms with Gasteiger partial charge in [0.05, 0.1) is 11.3 Å². The molecule has 1 heterocycles. The van der Waals surface area contributed by atoms with Crippen molar-refractivity contribution in [3.8, 4) is 0 Å². The fourth-order valence-corrected chi connectivity index (χ4v) is 1.77. The number of alkyl halides is 3. The number of nitrogens with one attached hydrogen (secondary N) is 1. The highest BCUT2D eigenvalue weighted by atomic mass is 19.4. The first kappa shape index (κ1) is 15.7. The van der Waals surface area contributed by atoms with Crippen molar-refractivity contribution in [1.29, 1.82) is 0 Å². The Hall–Kier alpha value is -2.64. The molecule has 0 aliphatic heterocycles. The molecule has 1 amide bonds. The molecule has 5 nitrogen and oxygen atoms in total. The van der Waals surface area contributed by atoms with Crippen LogP contribution in [0.4, 0.5) is 18.9 Å². The molecule has 0 aliphatic rings. The third-order valence-corrected chi connectivity index (χ3v) is 2.77. The van der Waals surface area contributed by atoms with E-state index in [1.807, 2.05) is 0 Å². The molecule has 0 saturated carbocycles. The van der Waals surface area contributed by atoms with Crippen LogP contribution in [0.25, 0.3) is 0 Å². The van der Waals surface area contributed by atoms with Gasteiger partial charge in [0, 0.05) is 11.8 Å². The predicted octanol–water partition coefficient (Wildman–Crippen LogP) is 2.21. The minimum atomic E-state index is -4.49. The number of hydrogen-bond acceptors (Lipinski definition) is 3. The number of aryl methyl sites for hydroxylation is 1. The minimum absolute atomic E-state index is 0.000488. The van der Waals surface area contributed by atoms with Gasteiger partial charge in [-0.25, -0.2) is 4.68 Å². The fraction of sp³-hybridized carbons (Fsp3) is 0.214. The van der Waals surface area contributed by atoms with Crippen molar-refractivity contribution in [2.45, 2.75) is 19.6 Å². The number of anilines is 1. The summed E-state index contributed by atoms with van der Waals surface area (Å²) in [4.78, 5) is 23.3. The maximum Gasteiger partial charge on any atom is 0.416 e. The zero-order valence-electron chi connectivity index (χ0n) is 11.5. The van der Waals surface area contributed by atoms with Crippen molar-refractivity contribution in [3.05, 3.63) is 58.0 Å². The van der Waals surface area contributed by atoms with Crippen molar-refractivity contribution in [2.24, 2.45) is 0 Å². The fourth-order valence-electron chi connectivity index (χ4n) is 1.77. The van der Waals surface area contributed by atoms with Gasteiger partial charge in [0.25, 0.3) is 5.56 Å². The number of amides is 1. The number of benzene rings is 1. The molecule has 0 bridgehead atoms. The Morgan fingerprint density at radius 3 is 2.68 bits per heavy atom. The molecular formula is C14H12F3N3O2. The zero-order valence-corrected chi connectivity index (χ0v) is 11.5. The van der Waals surface area contributed by atoms with Gasteiger partial charge in [0.1, 0.15) is 6.54 Å². The van der Waals surface area contributed by atoms with E-state index >= 15 is 0 Å². The monoisotopic (exact) mass is 311 g/mol. The summed E-state index contributed by atoms with van der Waals surface area (Å²) < 4.78 is 38.7. The van der Waals surface area contributed by atoms with Gasteiger partial charge in [0.2, 0.25) is 5.91 Å². The van der Waals surface area contributed by atoms with E-state index < -0.39 is 23.2 Å².